The van der Waals surface area contributed by atoms with Crippen molar-refractivity contribution in [1.29, 1.82) is 0 Å². The zero-order valence-electron chi connectivity index (χ0n) is 19.4. The first-order valence-corrected chi connectivity index (χ1v) is 11.5. The summed E-state index contributed by atoms with van der Waals surface area (Å²) in [5.41, 5.74) is 0.579. The standard InChI is InChI=1S/C25H27F3N4O3/c1-2-34-21-9-6-18(7-10-21)8-11-23(33)32-14-12-31(13-15-32)17-22-29-24(30-35-22)19-4-3-5-20(16-19)25(26,27)28/h3-7,9-10,16H,2,8,11-15,17H2,1H3. The number of nitrogens with zero attached hydrogens (tertiary/aromatic N) is 4. The summed E-state index contributed by atoms with van der Waals surface area (Å²) in [6.07, 6.45) is -3.32. The lowest BCUT2D eigenvalue weighted by Gasteiger charge is -2.34. The summed E-state index contributed by atoms with van der Waals surface area (Å²) in [6.45, 7) is 5.42. The molecule has 2 heterocycles. The van der Waals surface area contributed by atoms with Crippen LogP contribution in [0.3, 0.4) is 0 Å². The fourth-order valence-electron chi connectivity index (χ4n) is 3.95. The predicted molar refractivity (Wildman–Crippen MR) is 123 cm³/mol. The van der Waals surface area contributed by atoms with Gasteiger partial charge in [-0.1, -0.05) is 29.4 Å². The van der Waals surface area contributed by atoms with Gasteiger partial charge in [0.1, 0.15) is 5.75 Å². The van der Waals surface area contributed by atoms with Crippen molar-refractivity contribution in [3.05, 3.63) is 65.5 Å². The van der Waals surface area contributed by atoms with Crippen LogP contribution in [0.25, 0.3) is 11.4 Å². The molecule has 4 rings (SSSR count). The molecule has 1 fully saturated rings. The van der Waals surface area contributed by atoms with Gasteiger partial charge in [0, 0.05) is 38.2 Å². The van der Waals surface area contributed by atoms with Crippen LogP contribution in [0.4, 0.5) is 13.2 Å². The van der Waals surface area contributed by atoms with E-state index in [1.165, 1.54) is 12.1 Å². The fourth-order valence-corrected chi connectivity index (χ4v) is 3.95. The maximum atomic E-state index is 13.0. The second kappa shape index (κ2) is 10.9. The Morgan fingerprint density at radius 1 is 1.09 bits per heavy atom. The first-order valence-electron chi connectivity index (χ1n) is 11.5. The molecule has 0 atom stereocenters. The van der Waals surface area contributed by atoms with Crippen molar-refractivity contribution >= 4 is 5.91 Å². The number of hydrogen-bond donors (Lipinski definition) is 0. The molecule has 0 spiro atoms. The average Bonchev–Trinajstić information content (AvgIpc) is 3.32. The van der Waals surface area contributed by atoms with E-state index in [1.807, 2.05) is 36.1 Å². The molecule has 0 unspecified atom stereocenters. The van der Waals surface area contributed by atoms with Crippen LogP contribution in [-0.4, -0.2) is 58.6 Å². The van der Waals surface area contributed by atoms with Crippen LogP contribution in [-0.2, 0) is 23.9 Å². The number of carbonyl (C=O) groups excluding carboxylic acids is 1. The van der Waals surface area contributed by atoms with Gasteiger partial charge >= 0.3 is 6.18 Å². The SMILES string of the molecule is CCOc1ccc(CCC(=O)N2CCN(Cc3nc(-c4cccc(C(F)(F)F)c4)no3)CC2)cc1. The molecule has 1 amide bonds. The minimum Gasteiger partial charge on any atom is -0.494 e. The van der Waals surface area contributed by atoms with E-state index >= 15 is 0 Å². The lowest BCUT2D eigenvalue weighted by Crippen LogP contribution is -2.48. The Labute approximate surface area is 201 Å². The van der Waals surface area contributed by atoms with Gasteiger partial charge in [-0.3, -0.25) is 9.69 Å². The smallest absolute Gasteiger partial charge is 0.416 e. The third kappa shape index (κ3) is 6.60. The zero-order chi connectivity index (χ0) is 24.8. The summed E-state index contributed by atoms with van der Waals surface area (Å²) in [5, 5.41) is 3.83. The molecule has 0 N–H and O–H groups in total. The molecule has 0 bridgehead atoms. The predicted octanol–water partition coefficient (Wildman–Crippen LogP) is 4.43. The maximum Gasteiger partial charge on any atom is 0.416 e. The zero-order valence-corrected chi connectivity index (χ0v) is 19.4. The molecule has 1 aliphatic heterocycles. The van der Waals surface area contributed by atoms with Crippen LogP contribution in [0, 0.1) is 0 Å². The van der Waals surface area contributed by atoms with Crippen LogP contribution in [0.15, 0.2) is 53.1 Å². The molecule has 7 nitrogen and oxygen atoms in total. The van der Waals surface area contributed by atoms with E-state index in [0.29, 0.717) is 58.1 Å². The molecule has 3 aromatic rings. The molecule has 10 heteroatoms. The molecule has 1 saturated heterocycles. The molecule has 0 saturated carbocycles. The van der Waals surface area contributed by atoms with E-state index in [4.69, 9.17) is 9.26 Å². The van der Waals surface area contributed by atoms with Crippen molar-refractivity contribution < 1.29 is 27.2 Å². The van der Waals surface area contributed by atoms with E-state index in [0.717, 1.165) is 23.4 Å². The minimum atomic E-state index is -4.44. The summed E-state index contributed by atoms with van der Waals surface area (Å²) in [4.78, 5) is 20.8. The van der Waals surface area contributed by atoms with Gasteiger partial charge in [-0.25, -0.2) is 0 Å². The molecular formula is C25H27F3N4O3. The quantitative estimate of drug-likeness (QED) is 0.467. The van der Waals surface area contributed by atoms with E-state index in [9.17, 15) is 18.0 Å². The Balaban J connectivity index is 1.24. The number of aromatic nitrogens is 2. The lowest BCUT2D eigenvalue weighted by molar-refractivity contribution is -0.137. The molecule has 0 radical (unpaired) electrons. The summed E-state index contributed by atoms with van der Waals surface area (Å²) < 4.78 is 49.6. The number of halogens is 3. The van der Waals surface area contributed by atoms with E-state index < -0.39 is 11.7 Å². The number of rotatable bonds is 8. The highest BCUT2D eigenvalue weighted by atomic mass is 19.4. The van der Waals surface area contributed by atoms with Crippen LogP contribution in [0.5, 0.6) is 5.75 Å². The Hall–Kier alpha value is -3.40. The summed E-state index contributed by atoms with van der Waals surface area (Å²) in [6, 6.07) is 12.6. The fraction of sp³-hybridized carbons (Fsp3) is 0.400. The van der Waals surface area contributed by atoms with Gasteiger partial charge in [0.15, 0.2) is 0 Å². The van der Waals surface area contributed by atoms with Crippen LogP contribution >= 0.6 is 0 Å². The normalized spacial score (nSPS) is 14.8. The molecule has 0 aliphatic carbocycles. The van der Waals surface area contributed by atoms with Gasteiger partial charge in [-0.05, 0) is 43.2 Å². The summed E-state index contributed by atoms with van der Waals surface area (Å²) >= 11 is 0. The number of piperazine rings is 1. The highest BCUT2D eigenvalue weighted by Gasteiger charge is 2.31. The van der Waals surface area contributed by atoms with Gasteiger partial charge in [-0.15, -0.1) is 0 Å². The van der Waals surface area contributed by atoms with E-state index in [-0.39, 0.29) is 17.3 Å². The Kier molecular flexibility index (Phi) is 7.70. The van der Waals surface area contributed by atoms with Crippen molar-refractivity contribution in [3.8, 4) is 17.1 Å². The topological polar surface area (TPSA) is 71.7 Å². The number of amides is 1. The van der Waals surface area contributed by atoms with Gasteiger partial charge in [-0.2, -0.15) is 18.2 Å². The Morgan fingerprint density at radius 3 is 2.51 bits per heavy atom. The van der Waals surface area contributed by atoms with E-state index in [1.54, 1.807) is 0 Å². The molecule has 186 valence electrons. The summed E-state index contributed by atoms with van der Waals surface area (Å²) in [7, 11) is 0. The van der Waals surface area contributed by atoms with Crippen LogP contribution < -0.4 is 4.74 Å². The van der Waals surface area contributed by atoms with Crippen LogP contribution in [0.1, 0.15) is 30.4 Å². The number of aryl methyl sites for hydroxylation is 1. The number of alkyl halides is 3. The van der Waals surface area contributed by atoms with Gasteiger partial charge in [0.05, 0.1) is 18.7 Å². The monoisotopic (exact) mass is 488 g/mol. The molecule has 35 heavy (non-hydrogen) atoms. The first-order chi connectivity index (χ1) is 16.8. The second-order valence-electron chi connectivity index (χ2n) is 8.32. The molecule has 2 aromatic carbocycles. The van der Waals surface area contributed by atoms with Crippen LogP contribution in [0.2, 0.25) is 0 Å². The Bertz CT molecular complexity index is 1120. The van der Waals surface area contributed by atoms with Crippen molar-refractivity contribution in [2.75, 3.05) is 32.8 Å². The van der Waals surface area contributed by atoms with Crippen molar-refractivity contribution in [3.63, 3.8) is 0 Å². The van der Waals surface area contributed by atoms with Gasteiger partial charge < -0.3 is 14.2 Å². The number of ether oxygens (including phenoxy) is 1. The Morgan fingerprint density at radius 2 is 1.83 bits per heavy atom. The number of benzene rings is 2. The second-order valence-corrected chi connectivity index (χ2v) is 8.32. The first kappa shape index (κ1) is 24.7. The largest absolute Gasteiger partial charge is 0.494 e. The molecule has 1 aliphatic rings. The van der Waals surface area contributed by atoms with E-state index in [2.05, 4.69) is 15.0 Å². The summed E-state index contributed by atoms with van der Waals surface area (Å²) in [5.74, 6) is 1.38. The third-order valence-corrected chi connectivity index (χ3v) is 5.86. The van der Waals surface area contributed by atoms with Crippen molar-refractivity contribution in [1.82, 2.24) is 19.9 Å². The molecule has 1 aromatic heterocycles. The average molecular weight is 489 g/mol. The minimum absolute atomic E-state index is 0.114. The number of carbonyl (C=O) groups is 1. The number of hydrogen-bond acceptors (Lipinski definition) is 6. The molecular weight excluding hydrogens is 461 g/mol. The van der Waals surface area contributed by atoms with Gasteiger partial charge in [0.25, 0.3) is 0 Å². The van der Waals surface area contributed by atoms with Crippen molar-refractivity contribution in [2.45, 2.75) is 32.5 Å². The van der Waals surface area contributed by atoms with Gasteiger partial charge in [0.2, 0.25) is 17.6 Å². The highest BCUT2D eigenvalue weighted by Crippen LogP contribution is 2.31. The lowest BCUT2D eigenvalue weighted by atomic mass is 10.1. The third-order valence-electron chi connectivity index (χ3n) is 5.86. The maximum absolute atomic E-state index is 13.0. The highest BCUT2D eigenvalue weighted by molar-refractivity contribution is 5.76. The van der Waals surface area contributed by atoms with Crippen molar-refractivity contribution in [2.24, 2.45) is 0 Å².